The normalized spacial score (nSPS) is 11.8. The quantitative estimate of drug-likeness (QED) is 0.584. The van der Waals surface area contributed by atoms with E-state index in [0.29, 0.717) is 11.4 Å². The minimum Gasteiger partial charge on any atom is -0.495 e. The van der Waals surface area contributed by atoms with Gasteiger partial charge in [0.2, 0.25) is 5.91 Å². The largest absolute Gasteiger partial charge is 0.495 e. The number of rotatable bonds is 8. The number of nitro benzene ring substituents is 1. The van der Waals surface area contributed by atoms with Crippen molar-refractivity contribution in [2.75, 3.05) is 12.4 Å². The number of carbonyl (C=O) groups is 1. The summed E-state index contributed by atoms with van der Waals surface area (Å²) in [6, 6.07) is 4.16. The summed E-state index contributed by atoms with van der Waals surface area (Å²) in [4.78, 5) is 22.6. The van der Waals surface area contributed by atoms with Gasteiger partial charge in [0.05, 0.1) is 17.7 Å². The van der Waals surface area contributed by atoms with Gasteiger partial charge in [-0.2, -0.15) is 0 Å². The van der Waals surface area contributed by atoms with Crippen molar-refractivity contribution in [2.24, 2.45) is 5.92 Å². The number of methoxy groups -OCH3 is 1. The van der Waals surface area contributed by atoms with Crippen LogP contribution in [0.1, 0.15) is 39.5 Å². The Morgan fingerprint density at radius 1 is 1.43 bits per heavy atom. The third-order valence-corrected chi connectivity index (χ3v) is 3.42. The predicted octanol–water partition coefficient (Wildman–Crippen LogP) is 3.76. The van der Waals surface area contributed by atoms with E-state index in [1.165, 1.54) is 25.3 Å². The second kappa shape index (κ2) is 8.24. The highest BCUT2D eigenvalue weighted by Gasteiger charge is 2.19. The van der Waals surface area contributed by atoms with Gasteiger partial charge in [0.1, 0.15) is 5.75 Å². The van der Waals surface area contributed by atoms with Crippen molar-refractivity contribution < 1.29 is 14.5 Å². The van der Waals surface area contributed by atoms with E-state index in [9.17, 15) is 14.9 Å². The zero-order valence-electron chi connectivity index (χ0n) is 12.7. The van der Waals surface area contributed by atoms with Crippen molar-refractivity contribution in [1.29, 1.82) is 0 Å². The van der Waals surface area contributed by atoms with Gasteiger partial charge in [0, 0.05) is 18.1 Å². The smallest absolute Gasteiger partial charge is 0.271 e. The van der Waals surface area contributed by atoms with E-state index in [1.54, 1.807) is 0 Å². The molecule has 0 aromatic heterocycles. The first-order chi connectivity index (χ1) is 10.0. The van der Waals surface area contributed by atoms with Crippen LogP contribution in [0.15, 0.2) is 18.2 Å². The van der Waals surface area contributed by atoms with Crippen molar-refractivity contribution in [2.45, 2.75) is 39.5 Å². The highest BCUT2D eigenvalue weighted by Crippen LogP contribution is 2.29. The van der Waals surface area contributed by atoms with E-state index >= 15 is 0 Å². The molecule has 21 heavy (non-hydrogen) atoms. The van der Waals surface area contributed by atoms with Gasteiger partial charge in [-0.25, -0.2) is 0 Å². The molecule has 1 N–H and O–H groups in total. The maximum absolute atomic E-state index is 12.3. The lowest BCUT2D eigenvalue weighted by atomic mass is 9.98. The zero-order chi connectivity index (χ0) is 15.8. The maximum Gasteiger partial charge on any atom is 0.271 e. The highest BCUT2D eigenvalue weighted by molar-refractivity contribution is 5.94. The van der Waals surface area contributed by atoms with Gasteiger partial charge in [0.15, 0.2) is 0 Å². The molecule has 0 fully saturated rings. The number of ether oxygens (including phenoxy) is 1. The SMILES string of the molecule is CCCCC(CC)C(=O)Nc1cc([N+](=O)[O-])ccc1OC. The van der Waals surface area contributed by atoms with Gasteiger partial charge in [-0.05, 0) is 18.9 Å². The van der Waals surface area contributed by atoms with Crippen molar-refractivity contribution in [3.05, 3.63) is 28.3 Å². The fourth-order valence-electron chi connectivity index (χ4n) is 2.11. The fraction of sp³-hybridized carbons (Fsp3) is 0.533. The molecule has 0 saturated carbocycles. The van der Waals surface area contributed by atoms with Crippen LogP contribution in [0, 0.1) is 16.0 Å². The molecule has 0 saturated heterocycles. The lowest BCUT2D eigenvalue weighted by Gasteiger charge is -2.16. The summed E-state index contributed by atoms with van der Waals surface area (Å²) in [7, 11) is 1.46. The number of anilines is 1. The molecule has 0 bridgehead atoms. The Labute approximate surface area is 124 Å². The topological polar surface area (TPSA) is 81.5 Å². The summed E-state index contributed by atoms with van der Waals surface area (Å²) in [6.45, 7) is 4.04. The number of nitrogens with one attached hydrogen (secondary N) is 1. The van der Waals surface area contributed by atoms with Crippen LogP contribution in [-0.2, 0) is 4.79 Å². The average Bonchev–Trinajstić information content (AvgIpc) is 2.47. The monoisotopic (exact) mass is 294 g/mol. The van der Waals surface area contributed by atoms with Crippen LogP contribution in [0.4, 0.5) is 11.4 Å². The van der Waals surface area contributed by atoms with Crippen LogP contribution >= 0.6 is 0 Å². The summed E-state index contributed by atoms with van der Waals surface area (Å²) < 4.78 is 5.14. The average molecular weight is 294 g/mol. The van der Waals surface area contributed by atoms with Gasteiger partial charge < -0.3 is 10.1 Å². The Hall–Kier alpha value is -2.11. The van der Waals surface area contributed by atoms with Crippen molar-refractivity contribution in [3.8, 4) is 5.75 Å². The minimum absolute atomic E-state index is 0.0762. The molecule has 0 radical (unpaired) electrons. The molecule has 1 amide bonds. The van der Waals surface area contributed by atoms with Crippen LogP contribution in [0.25, 0.3) is 0 Å². The molecular formula is C15H22N2O4. The van der Waals surface area contributed by atoms with Gasteiger partial charge in [-0.3, -0.25) is 14.9 Å². The molecule has 1 rings (SSSR count). The first-order valence-corrected chi connectivity index (χ1v) is 7.16. The van der Waals surface area contributed by atoms with E-state index in [4.69, 9.17) is 4.74 Å². The Bertz CT molecular complexity index is 502. The number of non-ortho nitro benzene ring substituents is 1. The molecule has 1 aromatic rings. The molecule has 116 valence electrons. The summed E-state index contributed by atoms with van der Waals surface area (Å²) in [5.41, 5.74) is 0.263. The Balaban J connectivity index is 2.91. The van der Waals surface area contributed by atoms with E-state index in [2.05, 4.69) is 12.2 Å². The number of benzene rings is 1. The van der Waals surface area contributed by atoms with Gasteiger partial charge in [-0.1, -0.05) is 26.7 Å². The summed E-state index contributed by atoms with van der Waals surface area (Å²) in [5, 5.41) is 13.6. The number of hydrogen-bond donors (Lipinski definition) is 1. The number of carbonyl (C=O) groups excluding carboxylic acids is 1. The van der Waals surface area contributed by atoms with Crippen molar-refractivity contribution in [3.63, 3.8) is 0 Å². The van der Waals surface area contributed by atoms with Crippen LogP contribution < -0.4 is 10.1 Å². The number of hydrogen-bond acceptors (Lipinski definition) is 4. The second-order valence-electron chi connectivity index (χ2n) is 4.88. The lowest BCUT2D eigenvalue weighted by Crippen LogP contribution is -2.22. The first-order valence-electron chi connectivity index (χ1n) is 7.16. The van der Waals surface area contributed by atoms with Crippen molar-refractivity contribution in [1.82, 2.24) is 0 Å². The molecule has 0 spiro atoms. The number of nitro groups is 1. The molecule has 1 unspecified atom stereocenters. The molecule has 6 heteroatoms. The number of amides is 1. The molecule has 1 atom stereocenters. The van der Waals surface area contributed by atoms with E-state index < -0.39 is 4.92 Å². The minimum atomic E-state index is -0.497. The summed E-state index contributed by atoms with van der Waals surface area (Å²) >= 11 is 0. The van der Waals surface area contributed by atoms with Crippen LogP contribution in [0.5, 0.6) is 5.75 Å². The number of unbranched alkanes of at least 4 members (excludes halogenated alkanes) is 1. The zero-order valence-corrected chi connectivity index (χ0v) is 12.7. The summed E-state index contributed by atoms with van der Waals surface area (Å²) in [5.74, 6) is 0.206. The second-order valence-corrected chi connectivity index (χ2v) is 4.88. The van der Waals surface area contributed by atoms with Crippen LogP contribution in [0.3, 0.4) is 0 Å². The molecule has 0 aliphatic rings. The molecule has 0 heterocycles. The van der Waals surface area contributed by atoms with E-state index in [1.807, 2.05) is 6.92 Å². The molecule has 1 aromatic carbocycles. The van der Waals surface area contributed by atoms with E-state index in [-0.39, 0.29) is 17.5 Å². The van der Waals surface area contributed by atoms with Crippen LogP contribution in [-0.4, -0.2) is 17.9 Å². The van der Waals surface area contributed by atoms with Gasteiger partial charge in [-0.15, -0.1) is 0 Å². The fourth-order valence-corrected chi connectivity index (χ4v) is 2.11. The Morgan fingerprint density at radius 3 is 2.67 bits per heavy atom. The summed E-state index contributed by atoms with van der Waals surface area (Å²) in [6.07, 6.45) is 3.57. The molecule has 6 nitrogen and oxygen atoms in total. The molecular weight excluding hydrogens is 272 g/mol. The number of nitrogens with zero attached hydrogens (tertiary/aromatic N) is 1. The Morgan fingerprint density at radius 2 is 2.14 bits per heavy atom. The van der Waals surface area contributed by atoms with Crippen LogP contribution in [0.2, 0.25) is 0 Å². The maximum atomic E-state index is 12.3. The van der Waals surface area contributed by atoms with Crippen molar-refractivity contribution >= 4 is 17.3 Å². The van der Waals surface area contributed by atoms with E-state index in [0.717, 1.165) is 25.7 Å². The lowest BCUT2D eigenvalue weighted by molar-refractivity contribution is -0.384. The first kappa shape index (κ1) is 16.9. The Kier molecular flexibility index (Phi) is 6.65. The third-order valence-electron chi connectivity index (χ3n) is 3.42. The molecule has 0 aliphatic heterocycles. The predicted molar refractivity (Wildman–Crippen MR) is 81.6 cm³/mol. The highest BCUT2D eigenvalue weighted by atomic mass is 16.6. The third kappa shape index (κ3) is 4.73. The standard InChI is InChI=1S/C15H22N2O4/c1-4-6-7-11(5-2)15(18)16-13-10-12(17(19)20)8-9-14(13)21-3/h8-11H,4-7H2,1-3H3,(H,16,18). The van der Waals surface area contributed by atoms with Gasteiger partial charge in [0.25, 0.3) is 5.69 Å². The molecule has 0 aliphatic carbocycles. The van der Waals surface area contributed by atoms with Gasteiger partial charge >= 0.3 is 0 Å².